The Morgan fingerprint density at radius 2 is 1.86 bits per heavy atom. The molecule has 42 heavy (non-hydrogen) atoms. The van der Waals surface area contributed by atoms with Crippen molar-refractivity contribution >= 4 is 52.4 Å². The molecule has 1 atom stereocenters. The summed E-state index contributed by atoms with van der Waals surface area (Å²) in [5.74, 6) is 1.08. The van der Waals surface area contributed by atoms with E-state index in [9.17, 15) is 9.59 Å². The number of halogens is 1. The third kappa shape index (κ3) is 5.48. The zero-order valence-electron chi connectivity index (χ0n) is 24.4. The Morgan fingerprint density at radius 3 is 2.60 bits per heavy atom. The molecular weight excluding hydrogens is 552 g/mol. The van der Waals surface area contributed by atoms with Crippen LogP contribution in [-0.4, -0.2) is 84.1 Å². The molecule has 10 nitrogen and oxygen atoms in total. The van der Waals surface area contributed by atoms with E-state index in [1.807, 2.05) is 30.0 Å². The van der Waals surface area contributed by atoms with E-state index >= 15 is 0 Å². The van der Waals surface area contributed by atoms with E-state index < -0.39 is 0 Å². The topological polar surface area (TPSA) is 88.1 Å². The summed E-state index contributed by atoms with van der Waals surface area (Å²) in [5, 5.41) is 3.86. The molecule has 6 rings (SSSR count). The minimum Gasteiger partial charge on any atom is -0.369 e. The van der Waals surface area contributed by atoms with Crippen molar-refractivity contribution < 1.29 is 9.59 Å². The summed E-state index contributed by atoms with van der Waals surface area (Å²) >= 11 is 6.52. The third-order valence-electron chi connectivity index (χ3n) is 8.46. The van der Waals surface area contributed by atoms with E-state index in [4.69, 9.17) is 16.6 Å². The van der Waals surface area contributed by atoms with Gasteiger partial charge in [0.1, 0.15) is 5.82 Å². The first-order valence-electron chi connectivity index (χ1n) is 14.6. The number of carbonyl (C=O) groups excluding carboxylic acids is 2. The van der Waals surface area contributed by atoms with Gasteiger partial charge in [-0.05, 0) is 56.3 Å². The van der Waals surface area contributed by atoms with Crippen LogP contribution in [0.25, 0.3) is 0 Å². The highest BCUT2D eigenvalue weighted by Gasteiger charge is 2.41. The molecule has 220 valence electrons. The number of carbonyl (C=O) groups is 2. The number of hydrogen-bond acceptors (Lipinski definition) is 7. The Labute approximate surface area is 251 Å². The Hall–Kier alpha value is -3.89. The summed E-state index contributed by atoms with van der Waals surface area (Å²) in [4.78, 5) is 46.1. The van der Waals surface area contributed by atoms with Crippen molar-refractivity contribution in [3.8, 4) is 0 Å². The molecule has 3 aromatic rings. The molecule has 11 heteroatoms. The number of para-hydroxylation sites is 1. The summed E-state index contributed by atoms with van der Waals surface area (Å²) in [5.41, 5.74) is 4.77. The summed E-state index contributed by atoms with van der Waals surface area (Å²) < 4.78 is 0. The predicted molar refractivity (Wildman–Crippen MR) is 167 cm³/mol. The van der Waals surface area contributed by atoms with Gasteiger partial charge in [0, 0.05) is 68.8 Å². The highest BCUT2D eigenvalue weighted by Crippen LogP contribution is 2.37. The molecule has 2 fully saturated rings. The van der Waals surface area contributed by atoms with Crippen LogP contribution < -0.4 is 20.0 Å². The highest BCUT2D eigenvalue weighted by atomic mass is 35.5. The lowest BCUT2D eigenvalue weighted by Gasteiger charge is -2.39. The van der Waals surface area contributed by atoms with Gasteiger partial charge in [-0.15, -0.1) is 0 Å². The fraction of sp³-hybridized carbons (Fsp3) is 0.419. The zero-order valence-corrected chi connectivity index (χ0v) is 25.1. The van der Waals surface area contributed by atoms with Crippen molar-refractivity contribution in [3.05, 3.63) is 64.8 Å². The molecule has 0 radical (unpaired) electrons. The van der Waals surface area contributed by atoms with Gasteiger partial charge < -0.3 is 20.0 Å². The van der Waals surface area contributed by atoms with Gasteiger partial charge in [-0.2, -0.15) is 4.98 Å². The van der Waals surface area contributed by atoms with Crippen LogP contribution in [0.5, 0.6) is 0 Å². The van der Waals surface area contributed by atoms with Crippen LogP contribution >= 0.6 is 11.6 Å². The van der Waals surface area contributed by atoms with Gasteiger partial charge >= 0.3 is 6.03 Å². The second kappa shape index (κ2) is 11.8. The quantitative estimate of drug-likeness (QED) is 0.439. The second-order valence-corrected chi connectivity index (χ2v) is 11.7. The molecule has 1 aromatic heterocycles. The van der Waals surface area contributed by atoms with E-state index in [0.717, 1.165) is 37.4 Å². The predicted octanol–water partition coefficient (Wildman–Crippen LogP) is 4.89. The summed E-state index contributed by atoms with van der Waals surface area (Å²) in [6.07, 6.45) is 2.89. The number of aryl methyl sites for hydroxylation is 1. The lowest BCUT2D eigenvalue weighted by molar-refractivity contribution is -0.129. The highest BCUT2D eigenvalue weighted by molar-refractivity contribution is 6.34. The number of nitrogens with zero attached hydrogens (tertiary/aromatic N) is 7. The van der Waals surface area contributed by atoms with Crippen LogP contribution in [0.2, 0.25) is 5.02 Å². The molecule has 0 spiro atoms. The monoisotopic (exact) mass is 588 g/mol. The van der Waals surface area contributed by atoms with Crippen LogP contribution in [0.1, 0.15) is 30.9 Å². The number of urea groups is 1. The number of benzene rings is 2. The van der Waals surface area contributed by atoms with E-state index in [-0.39, 0.29) is 18.0 Å². The molecule has 0 aliphatic carbocycles. The maximum atomic E-state index is 14.1. The Morgan fingerprint density at radius 1 is 1.07 bits per heavy atom. The standard InChI is InChI=1S/C31H37ClN8O2/c1-4-28(41)38-12-11-24(20-38)40-29-22(19-39(31(40)42)27-8-6-5-7-25(27)32)18-33-30(35-29)34-23-9-10-26(21(2)17-23)37-15-13-36(3)14-16-37/h5-10,17-18,24H,4,11-16,19-20H2,1-3H3,(H,33,34,35). The normalized spacial score (nSPS) is 19.3. The van der Waals surface area contributed by atoms with Crippen molar-refractivity contribution in [3.63, 3.8) is 0 Å². The van der Waals surface area contributed by atoms with E-state index in [0.29, 0.717) is 55.0 Å². The lowest BCUT2D eigenvalue weighted by Crippen LogP contribution is -2.53. The molecule has 1 N–H and O–H groups in total. The van der Waals surface area contributed by atoms with Gasteiger partial charge in [-0.25, -0.2) is 9.78 Å². The smallest absolute Gasteiger partial charge is 0.330 e. The molecule has 1 unspecified atom stereocenters. The molecule has 3 aliphatic heterocycles. The van der Waals surface area contributed by atoms with Crippen molar-refractivity contribution in [2.75, 3.05) is 66.3 Å². The van der Waals surface area contributed by atoms with Crippen LogP contribution in [0.15, 0.2) is 48.7 Å². The number of likely N-dealkylation sites (tertiary alicyclic amines) is 1. The fourth-order valence-electron chi connectivity index (χ4n) is 6.09. The number of likely N-dealkylation sites (N-methyl/N-ethyl adjacent to an activating group) is 1. The number of aromatic nitrogens is 2. The van der Waals surface area contributed by atoms with E-state index in [1.165, 1.54) is 11.3 Å². The Bertz CT molecular complexity index is 1490. The third-order valence-corrected chi connectivity index (χ3v) is 8.78. The van der Waals surface area contributed by atoms with Gasteiger partial charge in [0.25, 0.3) is 0 Å². The molecule has 0 saturated carbocycles. The van der Waals surface area contributed by atoms with Crippen LogP contribution in [0.3, 0.4) is 0 Å². The number of anilines is 5. The maximum Gasteiger partial charge on any atom is 0.330 e. The minimum atomic E-state index is -0.205. The van der Waals surface area contributed by atoms with Crippen molar-refractivity contribution in [1.29, 1.82) is 0 Å². The molecule has 3 amide bonds. The first-order chi connectivity index (χ1) is 20.3. The summed E-state index contributed by atoms with van der Waals surface area (Å²) in [6, 6.07) is 13.2. The fourth-order valence-corrected chi connectivity index (χ4v) is 6.33. The summed E-state index contributed by atoms with van der Waals surface area (Å²) in [6.45, 7) is 9.49. The molecule has 2 aromatic carbocycles. The minimum absolute atomic E-state index is 0.0885. The number of nitrogens with one attached hydrogen (secondary N) is 1. The molecule has 0 bridgehead atoms. The maximum absolute atomic E-state index is 14.1. The SMILES string of the molecule is CCC(=O)N1CCC(N2C(=O)N(c3ccccc3Cl)Cc3cnc(Nc4ccc(N5CCN(C)CC5)c(C)c4)nc32)C1. The van der Waals surface area contributed by atoms with Crippen LogP contribution in [0, 0.1) is 6.92 Å². The number of rotatable bonds is 6. The van der Waals surface area contributed by atoms with Gasteiger partial charge in [0.05, 0.1) is 23.3 Å². The number of piperazine rings is 1. The average Bonchev–Trinajstić information content (AvgIpc) is 3.47. The van der Waals surface area contributed by atoms with Crippen molar-refractivity contribution in [2.24, 2.45) is 0 Å². The molecular formula is C31H37ClN8O2. The van der Waals surface area contributed by atoms with Crippen molar-refractivity contribution in [1.82, 2.24) is 19.8 Å². The number of amides is 3. The first kappa shape index (κ1) is 28.2. The molecule has 3 aliphatic rings. The number of hydrogen-bond donors (Lipinski definition) is 1. The lowest BCUT2D eigenvalue weighted by atomic mass is 10.1. The van der Waals surface area contributed by atoms with Crippen LogP contribution in [-0.2, 0) is 11.3 Å². The van der Waals surface area contributed by atoms with Crippen molar-refractivity contribution in [2.45, 2.75) is 39.3 Å². The molecule has 4 heterocycles. The van der Waals surface area contributed by atoms with Crippen LogP contribution in [0.4, 0.5) is 33.6 Å². The summed E-state index contributed by atoms with van der Waals surface area (Å²) in [7, 11) is 2.16. The van der Waals surface area contributed by atoms with E-state index in [2.05, 4.69) is 52.3 Å². The van der Waals surface area contributed by atoms with Gasteiger partial charge in [-0.1, -0.05) is 30.7 Å². The van der Waals surface area contributed by atoms with Gasteiger partial charge in [-0.3, -0.25) is 14.6 Å². The number of fused-ring (bicyclic) bond motifs is 1. The van der Waals surface area contributed by atoms with Gasteiger partial charge in [0.15, 0.2) is 0 Å². The average molecular weight is 589 g/mol. The van der Waals surface area contributed by atoms with E-state index in [1.54, 1.807) is 22.1 Å². The van der Waals surface area contributed by atoms with Gasteiger partial charge in [0.2, 0.25) is 11.9 Å². The second-order valence-electron chi connectivity index (χ2n) is 11.3. The molecule has 2 saturated heterocycles. The Kier molecular flexibility index (Phi) is 7.92. The Balaban J connectivity index is 1.29. The first-order valence-corrected chi connectivity index (χ1v) is 15.0. The largest absolute Gasteiger partial charge is 0.369 e. The zero-order chi connectivity index (χ0) is 29.4.